The molecular formula is C8H6Cl2FN3O3S. The van der Waals surface area contributed by atoms with Crippen molar-refractivity contribution >= 4 is 43.1 Å². The predicted octanol–water partition coefficient (Wildman–Crippen LogP) is 0.943. The minimum atomic E-state index is -3.89. The van der Waals surface area contributed by atoms with Gasteiger partial charge in [-0.1, -0.05) is 0 Å². The van der Waals surface area contributed by atoms with Crippen LogP contribution in [-0.4, -0.2) is 36.1 Å². The molecular weight excluding hydrogens is 308 g/mol. The number of carbonyl (C=O) groups excluding carboxylic acids is 1. The average Bonchev–Trinajstić information content (AvgIpc) is 2.64. The van der Waals surface area contributed by atoms with Crippen molar-refractivity contribution in [1.29, 1.82) is 0 Å². The summed E-state index contributed by atoms with van der Waals surface area (Å²) in [4.78, 5) is 19.5. The highest BCUT2D eigenvalue weighted by molar-refractivity contribution is 8.14. The van der Waals surface area contributed by atoms with Crippen molar-refractivity contribution in [3.8, 4) is 0 Å². The van der Waals surface area contributed by atoms with Crippen LogP contribution >= 0.6 is 22.3 Å². The van der Waals surface area contributed by atoms with Crippen LogP contribution in [0.2, 0.25) is 5.28 Å². The van der Waals surface area contributed by atoms with Crippen molar-refractivity contribution in [2.24, 2.45) is 0 Å². The van der Waals surface area contributed by atoms with Gasteiger partial charge in [0, 0.05) is 23.6 Å². The highest BCUT2D eigenvalue weighted by Gasteiger charge is 2.39. The zero-order chi connectivity index (χ0) is 13.5. The van der Waals surface area contributed by atoms with Gasteiger partial charge in [0.2, 0.25) is 20.2 Å². The van der Waals surface area contributed by atoms with Crippen LogP contribution in [0, 0.1) is 5.82 Å². The van der Waals surface area contributed by atoms with E-state index in [4.69, 9.17) is 22.3 Å². The molecule has 1 aromatic heterocycles. The lowest BCUT2D eigenvalue weighted by Crippen LogP contribution is -2.28. The third kappa shape index (κ3) is 2.55. The van der Waals surface area contributed by atoms with Crippen molar-refractivity contribution in [2.45, 2.75) is 11.7 Å². The number of hydrogen-bond donors (Lipinski definition) is 0. The van der Waals surface area contributed by atoms with E-state index in [0.29, 0.717) is 0 Å². The minimum Gasteiger partial charge on any atom is -0.293 e. The van der Waals surface area contributed by atoms with Crippen molar-refractivity contribution in [2.75, 3.05) is 11.4 Å². The average molecular weight is 314 g/mol. The summed E-state index contributed by atoms with van der Waals surface area (Å²) in [5.41, 5.74) is 0. The predicted molar refractivity (Wildman–Crippen MR) is 62.5 cm³/mol. The second-order valence-electron chi connectivity index (χ2n) is 3.62. The molecule has 1 aliphatic rings. The molecule has 0 aliphatic carbocycles. The van der Waals surface area contributed by atoms with E-state index in [9.17, 15) is 17.6 Å². The monoisotopic (exact) mass is 313 g/mol. The molecule has 1 aliphatic heterocycles. The summed E-state index contributed by atoms with van der Waals surface area (Å²) in [5.74, 6) is -1.79. The van der Waals surface area contributed by atoms with Crippen LogP contribution in [0.5, 0.6) is 0 Å². The Hall–Kier alpha value is -0.990. The van der Waals surface area contributed by atoms with E-state index in [1.165, 1.54) is 0 Å². The molecule has 0 spiro atoms. The second kappa shape index (κ2) is 4.60. The van der Waals surface area contributed by atoms with Crippen molar-refractivity contribution in [1.82, 2.24) is 9.97 Å². The molecule has 0 aromatic carbocycles. The van der Waals surface area contributed by atoms with Gasteiger partial charge in [0.05, 0.1) is 6.20 Å². The van der Waals surface area contributed by atoms with Gasteiger partial charge in [0.1, 0.15) is 5.25 Å². The topological polar surface area (TPSA) is 80.2 Å². The van der Waals surface area contributed by atoms with Gasteiger partial charge in [-0.3, -0.25) is 9.69 Å². The number of halogens is 3. The molecule has 2 rings (SSSR count). The number of hydrogen-bond acceptors (Lipinski definition) is 5. The molecule has 0 saturated carbocycles. The first kappa shape index (κ1) is 13.4. The van der Waals surface area contributed by atoms with Crippen LogP contribution in [-0.2, 0) is 13.8 Å². The molecule has 0 bridgehead atoms. The van der Waals surface area contributed by atoms with Gasteiger partial charge in [0.25, 0.3) is 0 Å². The summed E-state index contributed by atoms with van der Waals surface area (Å²) in [7, 11) is 1.28. The van der Waals surface area contributed by atoms with E-state index in [-0.39, 0.29) is 24.1 Å². The van der Waals surface area contributed by atoms with E-state index >= 15 is 0 Å². The summed E-state index contributed by atoms with van der Waals surface area (Å²) in [6.45, 7) is -0.255. The molecule has 1 aromatic rings. The quantitative estimate of drug-likeness (QED) is 0.599. The molecule has 0 radical (unpaired) electrons. The summed E-state index contributed by atoms with van der Waals surface area (Å²) in [5, 5.41) is -1.32. The number of rotatable bonds is 2. The number of amides is 1. The van der Waals surface area contributed by atoms with E-state index in [1.54, 1.807) is 0 Å². The molecule has 10 heteroatoms. The Morgan fingerprint density at radius 3 is 2.72 bits per heavy atom. The van der Waals surface area contributed by atoms with Crippen LogP contribution in [0.15, 0.2) is 6.20 Å². The van der Waals surface area contributed by atoms with Crippen molar-refractivity contribution in [3.63, 3.8) is 0 Å². The Labute approximate surface area is 111 Å². The third-order valence-corrected chi connectivity index (χ3v) is 4.49. The Morgan fingerprint density at radius 2 is 2.17 bits per heavy atom. The number of carbonyl (C=O) groups is 1. The van der Waals surface area contributed by atoms with Crippen LogP contribution in [0.25, 0.3) is 0 Å². The molecule has 6 nitrogen and oxygen atoms in total. The van der Waals surface area contributed by atoms with E-state index in [0.717, 1.165) is 11.1 Å². The number of nitrogens with zero attached hydrogens (tertiary/aromatic N) is 3. The molecule has 1 amide bonds. The lowest BCUT2D eigenvalue weighted by Gasteiger charge is -2.15. The van der Waals surface area contributed by atoms with Crippen LogP contribution < -0.4 is 4.90 Å². The Morgan fingerprint density at radius 1 is 1.50 bits per heavy atom. The maximum Gasteiger partial charge on any atom is 0.237 e. The molecule has 1 fully saturated rings. The van der Waals surface area contributed by atoms with E-state index in [1.807, 2.05) is 0 Å². The van der Waals surface area contributed by atoms with Gasteiger partial charge in [-0.25, -0.2) is 17.8 Å². The highest BCUT2D eigenvalue weighted by atomic mass is 35.7. The summed E-state index contributed by atoms with van der Waals surface area (Å²) >= 11 is 5.50. The van der Waals surface area contributed by atoms with Gasteiger partial charge in [0.15, 0.2) is 11.6 Å². The summed E-state index contributed by atoms with van der Waals surface area (Å²) in [6, 6.07) is 0. The fraction of sp³-hybridized carbons (Fsp3) is 0.375. The maximum absolute atomic E-state index is 13.5. The smallest absolute Gasteiger partial charge is 0.237 e. The Kier molecular flexibility index (Phi) is 3.43. The molecule has 1 atom stereocenters. The SMILES string of the molecule is O=C1CC(S(=O)(=O)Cl)CN1c1nc(Cl)ncc1F. The normalized spacial score (nSPS) is 20.5. The first-order valence-electron chi connectivity index (χ1n) is 4.71. The first-order valence-corrected chi connectivity index (χ1v) is 7.46. The fourth-order valence-electron chi connectivity index (χ4n) is 1.59. The van der Waals surface area contributed by atoms with Gasteiger partial charge in [-0.15, -0.1) is 0 Å². The molecule has 1 unspecified atom stereocenters. The highest BCUT2D eigenvalue weighted by Crippen LogP contribution is 2.27. The van der Waals surface area contributed by atoms with Crippen molar-refractivity contribution in [3.05, 3.63) is 17.3 Å². The van der Waals surface area contributed by atoms with E-state index in [2.05, 4.69) is 9.97 Å². The lowest BCUT2D eigenvalue weighted by atomic mass is 10.4. The zero-order valence-corrected chi connectivity index (χ0v) is 11.0. The van der Waals surface area contributed by atoms with Crippen molar-refractivity contribution < 1.29 is 17.6 Å². The second-order valence-corrected chi connectivity index (χ2v) is 6.86. The fourth-order valence-corrected chi connectivity index (χ4v) is 2.75. The Bertz CT molecular complexity index is 610. The minimum absolute atomic E-state index is 0.239. The summed E-state index contributed by atoms with van der Waals surface area (Å²) in [6.07, 6.45) is 0.493. The molecule has 18 heavy (non-hydrogen) atoms. The molecule has 0 N–H and O–H groups in total. The number of aromatic nitrogens is 2. The zero-order valence-electron chi connectivity index (χ0n) is 8.68. The molecule has 2 heterocycles. The Balaban J connectivity index is 2.35. The van der Waals surface area contributed by atoms with Gasteiger partial charge >= 0.3 is 0 Å². The largest absolute Gasteiger partial charge is 0.293 e. The van der Waals surface area contributed by atoms with E-state index < -0.39 is 26.0 Å². The maximum atomic E-state index is 13.5. The first-order chi connectivity index (χ1) is 8.29. The summed E-state index contributed by atoms with van der Waals surface area (Å²) < 4.78 is 35.7. The van der Waals surface area contributed by atoms with Gasteiger partial charge in [-0.2, -0.15) is 4.98 Å². The molecule has 1 saturated heterocycles. The van der Waals surface area contributed by atoms with Gasteiger partial charge < -0.3 is 0 Å². The third-order valence-electron chi connectivity index (χ3n) is 2.44. The van der Waals surface area contributed by atoms with Crippen LogP contribution in [0.3, 0.4) is 0 Å². The lowest BCUT2D eigenvalue weighted by molar-refractivity contribution is -0.117. The number of anilines is 1. The molecule has 98 valence electrons. The standard InChI is InChI=1S/C8H6Cl2FN3O3S/c9-8-12-2-5(11)7(13-8)14-3-4(1-6(14)15)18(10,16)17/h2,4H,1,3H2. The van der Waals surface area contributed by atoms with Gasteiger partial charge in [-0.05, 0) is 11.6 Å². The van der Waals surface area contributed by atoms with Crippen LogP contribution in [0.1, 0.15) is 6.42 Å². The van der Waals surface area contributed by atoms with Crippen LogP contribution in [0.4, 0.5) is 10.2 Å².